The lowest BCUT2D eigenvalue weighted by Gasteiger charge is -2.36. The first-order chi connectivity index (χ1) is 13.8. The number of piperazine rings is 1. The Balaban J connectivity index is 1.28. The van der Waals surface area contributed by atoms with Gasteiger partial charge >= 0.3 is 0 Å². The summed E-state index contributed by atoms with van der Waals surface area (Å²) in [7, 11) is 0. The van der Waals surface area contributed by atoms with Crippen LogP contribution in [0, 0.1) is 0 Å². The highest BCUT2D eigenvalue weighted by molar-refractivity contribution is 5.93. The molecule has 0 unspecified atom stereocenters. The van der Waals surface area contributed by atoms with Crippen LogP contribution in [0.1, 0.15) is 5.56 Å². The van der Waals surface area contributed by atoms with E-state index >= 15 is 0 Å². The van der Waals surface area contributed by atoms with Crippen molar-refractivity contribution in [3.63, 3.8) is 0 Å². The van der Waals surface area contributed by atoms with Crippen LogP contribution in [0.15, 0.2) is 67.1 Å². The number of nitrogens with one attached hydrogen (secondary N) is 1. The van der Waals surface area contributed by atoms with Crippen LogP contribution in [0.5, 0.6) is 0 Å². The molecular weight excluding hydrogens is 348 g/mol. The third kappa shape index (κ3) is 2.99. The second kappa shape index (κ2) is 7.00. The maximum absolute atomic E-state index is 12.8. The molecule has 0 saturated carbocycles. The number of nitrogens with zero attached hydrogens (tertiary/aromatic N) is 3. The zero-order valence-electron chi connectivity index (χ0n) is 15.6. The number of H-pyrrole nitrogens is 1. The largest absolute Gasteiger partial charge is 0.366 e. The zero-order chi connectivity index (χ0) is 18.9. The average molecular weight is 370 g/mol. The summed E-state index contributed by atoms with van der Waals surface area (Å²) in [5.74, 6) is 0.195. The summed E-state index contributed by atoms with van der Waals surface area (Å²) in [6.45, 7) is 3.14. The number of amides is 1. The quantitative estimate of drug-likeness (QED) is 0.599. The average Bonchev–Trinajstić information content (AvgIpc) is 3.16. The minimum atomic E-state index is 0.195. The van der Waals surface area contributed by atoms with Gasteiger partial charge in [0.1, 0.15) is 0 Å². The van der Waals surface area contributed by atoms with Crippen molar-refractivity contribution in [2.24, 2.45) is 0 Å². The Morgan fingerprint density at radius 3 is 2.54 bits per heavy atom. The minimum Gasteiger partial charge on any atom is -0.366 e. The van der Waals surface area contributed by atoms with Crippen molar-refractivity contribution in [1.29, 1.82) is 0 Å². The van der Waals surface area contributed by atoms with Crippen molar-refractivity contribution >= 4 is 33.3 Å². The fourth-order valence-electron chi connectivity index (χ4n) is 4.10. The predicted molar refractivity (Wildman–Crippen MR) is 113 cm³/mol. The molecule has 2 aromatic heterocycles. The highest BCUT2D eigenvalue weighted by Crippen LogP contribution is 2.26. The number of carbonyl (C=O) groups excluding carboxylic acids is 1. The van der Waals surface area contributed by atoms with E-state index in [0.29, 0.717) is 6.42 Å². The van der Waals surface area contributed by atoms with Gasteiger partial charge in [-0.1, -0.05) is 42.5 Å². The monoisotopic (exact) mass is 370 g/mol. The number of benzene rings is 2. The zero-order valence-corrected chi connectivity index (χ0v) is 15.6. The molecule has 1 amide bonds. The summed E-state index contributed by atoms with van der Waals surface area (Å²) in [5, 5.41) is 3.50. The molecule has 2 aromatic carbocycles. The Hall–Kier alpha value is -3.34. The van der Waals surface area contributed by atoms with Crippen molar-refractivity contribution in [1.82, 2.24) is 14.9 Å². The molecular formula is C23H22N4O. The molecule has 0 bridgehead atoms. The van der Waals surface area contributed by atoms with Gasteiger partial charge in [-0.3, -0.25) is 9.78 Å². The molecule has 140 valence electrons. The lowest BCUT2D eigenvalue weighted by molar-refractivity contribution is -0.130. The molecule has 0 radical (unpaired) electrons. The van der Waals surface area contributed by atoms with Crippen LogP contribution in [-0.2, 0) is 11.2 Å². The summed E-state index contributed by atoms with van der Waals surface area (Å²) in [6, 6.07) is 16.5. The third-order valence-corrected chi connectivity index (χ3v) is 5.64. The van der Waals surface area contributed by atoms with Crippen LogP contribution < -0.4 is 4.90 Å². The van der Waals surface area contributed by atoms with Gasteiger partial charge in [0, 0.05) is 60.2 Å². The number of carbonyl (C=O) groups is 1. The normalized spacial score (nSPS) is 14.7. The van der Waals surface area contributed by atoms with Gasteiger partial charge in [0.2, 0.25) is 5.91 Å². The lowest BCUT2D eigenvalue weighted by Crippen LogP contribution is -2.49. The van der Waals surface area contributed by atoms with Crippen LogP contribution >= 0.6 is 0 Å². The van der Waals surface area contributed by atoms with Gasteiger partial charge in [0.25, 0.3) is 0 Å². The van der Waals surface area contributed by atoms with Crippen molar-refractivity contribution in [3.05, 3.63) is 72.7 Å². The van der Waals surface area contributed by atoms with E-state index in [1.807, 2.05) is 47.8 Å². The first-order valence-electron chi connectivity index (χ1n) is 9.70. The fraction of sp³-hybridized carbons (Fsp3) is 0.217. The van der Waals surface area contributed by atoms with Crippen molar-refractivity contribution < 1.29 is 4.79 Å². The number of hydrogen-bond acceptors (Lipinski definition) is 3. The topological polar surface area (TPSA) is 52.2 Å². The van der Waals surface area contributed by atoms with Crippen LogP contribution in [0.4, 0.5) is 5.69 Å². The predicted octanol–water partition coefficient (Wildman–Crippen LogP) is 3.61. The lowest BCUT2D eigenvalue weighted by atomic mass is 10.1. The van der Waals surface area contributed by atoms with Crippen molar-refractivity contribution in [2.75, 3.05) is 31.1 Å². The summed E-state index contributed by atoms with van der Waals surface area (Å²) in [4.78, 5) is 24.8. The Bertz CT molecular complexity index is 1140. The maximum atomic E-state index is 12.8. The Labute approximate surface area is 163 Å². The molecule has 1 N–H and O–H groups in total. The molecule has 5 nitrogen and oxygen atoms in total. The van der Waals surface area contributed by atoms with Crippen LogP contribution in [0.2, 0.25) is 0 Å². The summed E-state index contributed by atoms with van der Waals surface area (Å²) in [6.07, 6.45) is 6.24. The smallest absolute Gasteiger partial charge is 0.227 e. The SMILES string of the molecule is O=C(Cc1c[nH]c2ccccc12)N1CCN(c2cncc3ccccc23)CC1. The minimum absolute atomic E-state index is 0.195. The van der Waals surface area contributed by atoms with Crippen molar-refractivity contribution in [2.45, 2.75) is 6.42 Å². The number of aromatic amines is 1. The highest BCUT2D eigenvalue weighted by Gasteiger charge is 2.23. The molecule has 28 heavy (non-hydrogen) atoms. The second-order valence-electron chi connectivity index (χ2n) is 7.28. The van der Waals surface area contributed by atoms with E-state index in [1.165, 1.54) is 5.39 Å². The first kappa shape index (κ1) is 16.8. The highest BCUT2D eigenvalue weighted by atomic mass is 16.2. The molecule has 3 heterocycles. The molecule has 5 rings (SSSR count). The van der Waals surface area contributed by atoms with Gasteiger partial charge in [0.15, 0.2) is 0 Å². The van der Waals surface area contributed by atoms with Gasteiger partial charge in [-0.2, -0.15) is 0 Å². The summed E-state index contributed by atoms with van der Waals surface area (Å²) < 4.78 is 0. The molecule has 1 saturated heterocycles. The molecule has 1 fully saturated rings. The van der Waals surface area contributed by atoms with E-state index in [1.54, 1.807) is 0 Å². The number of pyridine rings is 1. The number of para-hydroxylation sites is 1. The number of aromatic nitrogens is 2. The van der Waals surface area contributed by atoms with E-state index in [9.17, 15) is 4.79 Å². The third-order valence-electron chi connectivity index (χ3n) is 5.64. The van der Waals surface area contributed by atoms with E-state index in [2.05, 4.69) is 39.1 Å². The Morgan fingerprint density at radius 1 is 0.929 bits per heavy atom. The van der Waals surface area contributed by atoms with Crippen LogP contribution in [-0.4, -0.2) is 47.0 Å². The van der Waals surface area contributed by atoms with E-state index < -0.39 is 0 Å². The first-order valence-corrected chi connectivity index (χ1v) is 9.70. The molecule has 1 aliphatic rings. The molecule has 0 atom stereocenters. The molecule has 1 aliphatic heterocycles. The van der Waals surface area contributed by atoms with Crippen LogP contribution in [0.25, 0.3) is 21.7 Å². The standard InChI is InChI=1S/C23H22N4O/c28-23(13-18-15-25-21-8-4-3-6-19(18)21)27-11-9-26(10-12-27)22-16-24-14-17-5-1-2-7-20(17)22/h1-8,14-16,25H,9-13H2. The van der Waals surface area contributed by atoms with Gasteiger partial charge in [-0.05, 0) is 11.6 Å². The van der Waals surface area contributed by atoms with Crippen LogP contribution in [0.3, 0.4) is 0 Å². The van der Waals surface area contributed by atoms with E-state index in [4.69, 9.17) is 0 Å². The maximum Gasteiger partial charge on any atom is 0.227 e. The van der Waals surface area contributed by atoms with Gasteiger partial charge in [0.05, 0.1) is 18.3 Å². The van der Waals surface area contributed by atoms with E-state index in [-0.39, 0.29) is 5.91 Å². The number of fused-ring (bicyclic) bond motifs is 2. The summed E-state index contributed by atoms with van der Waals surface area (Å²) in [5.41, 5.74) is 3.31. The molecule has 5 heteroatoms. The number of hydrogen-bond donors (Lipinski definition) is 1. The van der Waals surface area contributed by atoms with Gasteiger partial charge < -0.3 is 14.8 Å². The molecule has 0 spiro atoms. The fourth-order valence-corrected chi connectivity index (χ4v) is 4.10. The Kier molecular flexibility index (Phi) is 4.20. The number of rotatable bonds is 3. The molecule has 0 aliphatic carbocycles. The Morgan fingerprint density at radius 2 is 1.68 bits per heavy atom. The van der Waals surface area contributed by atoms with E-state index in [0.717, 1.165) is 53.7 Å². The van der Waals surface area contributed by atoms with Gasteiger partial charge in [-0.15, -0.1) is 0 Å². The summed E-state index contributed by atoms with van der Waals surface area (Å²) >= 11 is 0. The van der Waals surface area contributed by atoms with Crippen molar-refractivity contribution in [3.8, 4) is 0 Å². The second-order valence-corrected chi connectivity index (χ2v) is 7.28. The molecule has 4 aromatic rings. The number of anilines is 1. The van der Waals surface area contributed by atoms with Gasteiger partial charge in [-0.25, -0.2) is 0 Å².